The molecule has 1 spiro atoms. The monoisotopic (exact) mass is 196 g/mol. The molecule has 0 aromatic rings. The largest absolute Gasteiger partial charge is 0.393 e. The molecule has 0 bridgehead atoms. The van der Waals surface area contributed by atoms with E-state index in [4.69, 9.17) is 0 Å². The van der Waals surface area contributed by atoms with Gasteiger partial charge in [-0.15, -0.1) is 0 Å². The summed E-state index contributed by atoms with van der Waals surface area (Å²) in [5.74, 6) is 0.876. The molecule has 2 aliphatic carbocycles. The molecule has 2 saturated carbocycles. The Bertz CT molecular complexity index is 206. The standard InChI is InChI=1S/C13H24O/c1-12(2,3)10-4-7-13(8-5-10)9-6-11(13)14/h10-11,14H,4-9H2,1-3H3/t10?,11-,13?/m0/s1. The fourth-order valence-electron chi connectivity index (χ4n) is 3.32. The first kappa shape index (κ1) is 10.5. The summed E-state index contributed by atoms with van der Waals surface area (Å²) in [4.78, 5) is 0. The van der Waals surface area contributed by atoms with Crippen LogP contribution < -0.4 is 0 Å². The molecule has 1 N–H and O–H groups in total. The van der Waals surface area contributed by atoms with Crippen LogP contribution in [0, 0.1) is 16.7 Å². The Balaban J connectivity index is 1.92. The predicted octanol–water partition coefficient (Wildman–Crippen LogP) is 3.36. The van der Waals surface area contributed by atoms with Crippen molar-refractivity contribution in [1.82, 2.24) is 0 Å². The van der Waals surface area contributed by atoms with Gasteiger partial charge in [0.2, 0.25) is 0 Å². The lowest BCUT2D eigenvalue weighted by atomic mass is 9.55. The van der Waals surface area contributed by atoms with E-state index in [0.717, 1.165) is 12.3 Å². The normalized spacial score (nSPS) is 43.7. The van der Waals surface area contributed by atoms with Gasteiger partial charge in [0, 0.05) is 0 Å². The molecule has 0 aliphatic heterocycles. The highest BCUT2D eigenvalue weighted by Gasteiger charge is 2.48. The van der Waals surface area contributed by atoms with E-state index in [2.05, 4.69) is 20.8 Å². The lowest BCUT2D eigenvalue weighted by Crippen LogP contribution is -2.48. The van der Waals surface area contributed by atoms with Crippen LogP contribution in [0.2, 0.25) is 0 Å². The van der Waals surface area contributed by atoms with E-state index in [1.165, 1.54) is 32.1 Å². The van der Waals surface area contributed by atoms with E-state index in [1.54, 1.807) is 0 Å². The van der Waals surface area contributed by atoms with Crippen LogP contribution in [0.5, 0.6) is 0 Å². The Kier molecular flexibility index (Phi) is 2.42. The molecule has 1 nitrogen and oxygen atoms in total. The first-order valence-electron chi connectivity index (χ1n) is 6.12. The third-order valence-electron chi connectivity index (χ3n) is 4.83. The molecule has 0 unspecified atom stereocenters. The molecule has 1 atom stereocenters. The fraction of sp³-hybridized carbons (Fsp3) is 1.00. The zero-order chi connectivity index (χ0) is 10.4. The molecule has 0 amide bonds. The second-order valence-corrected chi connectivity index (χ2v) is 6.56. The smallest absolute Gasteiger partial charge is 0.0596 e. The van der Waals surface area contributed by atoms with Gasteiger partial charge in [-0.05, 0) is 55.3 Å². The molecule has 0 aromatic heterocycles. The highest BCUT2D eigenvalue weighted by molar-refractivity contribution is 4.99. The lowest BCUT2D eigenvalue weighted by molar-refractivity contribution is -0.101. The molecule has 82 valence electrons. The van der Waals surface area contributed by atoms with Crippen LogP contribution in [0.15, 0.2) is 0 Å². The first-order valence-corrected chi connectivity index (χ1v) is 6.12. The van der Waals surface area contributed by atoms with E-state index in [0.29, 0.717) is 10.8 Å². The zero-order valence-electron chi connectivity index (χ0n) is 9.84. The van der Waals surface area contributed by atoms with Gasteiger partial charge >= 0.3 is 0 Å². The number of hydrogen-bond acceptors (Lipinski definition) is 1. The quantitative estimate of drug-likeness (QED) is 0.630. The second kappa shape index (κ2) is 3.23. The minimum atomic E-state index is 0.0309. The Morgan fingerprint density at radius 1 is 1.00 bits per heavy atom. The molecule has 2 rings (SSSR count). The van der Waals surface area contributed by atoms with Crippen LogP contribution in [0.25, 0.3) is 0 Å². The van der Waals surface area contributed by atoms with Crippen molar-refractivity contribution in [3.63, 3.8) is 0 Å². The second-order valence-electron chi connectivity index (χ2n) is 6.56. The molecule has 2 aliphatic rings. The van der Waals surface area contributed by atoms with E-state index >= 15 is 0 Å². The van der Waals surface area contributed by atoms with E-state index in [1.807, 2.05) is 0 Å². The third-order valence-corrected chi connectivity index (χ3v) is 4.83. The summed E-state index contributed by atoms with van der Waals surface area (Å²) in [5, 5.41) is 9.81. The molecule has 2 fully saturated rings. The van der Waals surface area contributed by atoms with E-state index < -0.39 is 0 Å². The zero-order valence-corrected chi connectivity index (χ0v) is 9.84. The van der Waals surface area contributed by atoms with Crippen molar-refractivity contribution in [3.8, 4) is 0 Å². The van der Waals surface area contributed by atoms with Crippen LogP contribution in [0.4, 0.5) is 0 Å². The highest BCUT2D eigenvalue weighted by Crippen LogP contribution is 2.55. The van der Waals surface area contributed by atoms with E-state index in [9.17, 15) is 5.11 Å². The van der Waals surface area contributed by atoms with Crippen molar-refractivity contribution in [3.05, 3.63) is 0 Å². The summed E-state index contributed by atoms with van der Waals surface area (Å²) in [5.41, 5.74) is 0.831. The van der Waals surface area contributed by atoms with Gasteiger partial charge in [0.1, 0.15) is 0 Å². The Morgan fingerprint density at radius 3 is 1.79 bits per heavy atom. The molecular formula is C13H24O. The van der Waals surface area contributed by atoms with Gasteiger partial charge in [0.25, 0.3) is 0 Å². The van der Waals surface area contributed by atoms with Crippen LogP contribution in [-0.4, -0.2) is 11.2 Å². The third kappa shape index (κ3) is 1.60. The summed E-state index contributed by atoms with van der Waals surface area (Å²) in [6.45, 7) is 7.06. The Labute approximate surface area is 87.9 Å². The molecule has 14 heavy (non-hydrogen) atoms. The lowest BCUT2D eigenvalue weighted by Gasteiger charge is -2.52. The summed E-state index contributed by atoms with van der Waals surface area (Å²) < 4.78 is 0. The topological polar surface area (TPSA) is 20.2 Å². The van der Waals surface area contributed by atoms with Gasteiger partial charge < -0.3 is 5.11 Å². The summed E-state index contributed by atoms with van der Waals surface area (Å²) in [6, 6.07) is 0. The maximum atomic E-state index is 9.81. The van der Waals surface area contributed by atoms with Crippen LogP contribution >= 0.6 is 0 Å². The Hall–Kier alpha value is -0.0400. The minimum Gasteiger partial charge on any atom is -0.393 e. The minimum absolute atomic E-state index is 0.0309. The van der Waals surface area contributed by atoms with Crippen molar-refractivity contribution in [2.75, 3.05) is 0 Å². The number of rotatable bonds is 0. The first-order chi connectivity index (χ1) is 6.44. The SMILES string of the molecule is CC(C)(C)C1CCC2(CC1)CC[C@@H]2O. The van der Waals surface area contributed by atoms with Crippen molar-refractivity contribution in [1.29, 1.82) is 0 Å². The van der Waals surface area contributed by atoms with Crippen molar-refractivity contribution in [2.24, 2.45) is 16.7 Å². The number of aliphatic hydroxyl groups is 1. The molecule has 0 heterocycles. The number of aliphatic hydroxyl groups excluding tert-OH is 1. The summed E-state index contributed by atoms with van der Waals surface area (Å²) in [7, 11) is 0. The molecule has 0 radical (unpaired) electrons. The fourth-order valence-corrected chi connectivity index (χ4v) is 3.32. The molecule has 0 aromatic carbocycles. The average Bonchev–Trinajstić information content (AvgIpc) is 2.14. The average molecular weight is 196 g/mol. The van der Waals surface area contributed by atoms with Crippen molar-refractivity contribution < 1.29 is 5.11 Å². The van der Waals surface area contributed by atoms with Gasteiger partial charge in [-0.1, -0.05) is 20.8 Å². The Morgan fingerprint density at radius 2 is 1.50 bits per heavy atom. The van der Waals surface area contributed by atoms with Gasteiger partial charge in [0.05, 0.1) is 6.10 Å². The van der Waals surface area contributed by atoms with Crippen molar-refractivity contribution in [2.45, 2.75) is 65.4 Å². The molecule has 1 heteroatoms. The van der Waals surface area contributed by atoms with Gasteiger partial charge in [-0.2, -0.15) is 0 Å². The molecule has 0 saturated heterocycles. The van der Waals surface area contributed by atoms with Crippen molar-refractivity contribution >= 4 is 0 Å². The maximum absolute atomic E-state index is 9.81. The summed E-state index contributed by atoms with van der Waals surface area (Å²) in [6.07, 6.45) is 7.59. The van der Waals surface area contributed by atoms with Crippen LogP contribution in [-0.2, 0) is 0 Å². The van der Waals surface area contributed by atoms with Gasteiger partial charge in [-0.25, -0.2) is 0 Å². The van der Waals surface area contributed by atoms with Gasteiger partial charge in [0.15, 0.2) is 0 Å². The van der Waals surface area contributed by atoms with Gasteiger partial charge in [-0.3, -0.25) is 0 Å². The number of hydrogen-bond donors (Lipinski definition) is 1. The molecular weight excluding hydrogens is 172 g/mol. The summed E-state index contributed by atoms with van der Waals surface area (Å²) >= 11 is 0. The van der Waals surface area contributed by atoms with Crippen LogP contribution in [0.3, 0.4) is 0 Å². The van der Waals surface area contributed by atoms with E-state index in [-0.39, 0.29) is 6.10 Å². The predicted molar refractivity (Wildman–Crippen MR) is 59.1 cm³/mol. The van der Waals surface area contributed by atoms with Crippen LogP contribution in [0.1, 0.15) is 59.3 Å². The highest BCUT2D eigenvalue weighted by atomic mass is 16.3. The maximum Gasteiger partial charge on any atom is 0.0596 e.